The van der Waals surface area contributed by atoms with Crippen LogP contribution in [0.25, 0.3) is 0 Å². The van der Waals surface area contributed by atoms with Crippen LogP contribution in [0.3, 0.4) is 0 Å². The minimum atomic E-state index is 0.913. The molecule has 3 atom stereocenters. The average molecular weight is 220 g/mol. The monoisotopic (exact) mass is 220 g/mol. The quantitative estimate of drug-likeness (QED) is 0.443. The molecule has 2 aliphatic carbocycles. The first kappa shape index (κ1) is 12.2. The summed E-state index contributed by atoms with van der Waals surface area (Å²) in [6, 6.07) is 0. The lowest BCUT2D eigenvalue weighted by atomic mass is 9.65. The van der Waals surface area contributed by atoms with Crippen LogP contribution in [0, 0.1) is 17.8 Å². The molecule has 0 bridgehead atoms. The summed E-state index contributed by atoms with van der Waals surface area (Å²) in [5.74, 6) is 2.87. The lowest BCUT2D eigenvalue weighted by molar-refractivity contribution is 0.269. The molecule has 2 aliphatic rings. The van der Waals surface area contributed by atoms with Crippen LogP contribution in [0.1, 0.15) is 72.1 Å². The molecular weight excluding hydrogens is 192 g/mol. The molecule has 0 amide bonds. The molecule has 16 heavy (non-hydrogen) atoms. The summed E-state index contributed by atoms with van der Waals surface area (Å²) < 4.78 is 0. The third-order valence-corrected chi connectivity index (χ3v) is 4.89. The molecule has 0 N–H and O–H groups in total. The predicted molar refractivity (Wildman–Crippen MR) is 71.5 cm³/mol. The second kappa shape index (κ2) is 5.38. The van der Waals surface area contributed by atoms with Crippen LogP contribution < -0.4 is 0 Å². The maximum absolute atomic E-state index is 2.46. The summed E-state index contributed by atoms with van der Waals surface area (Å²) in [5.41, 5.74) is 3.77. The van der Waals surface area contributed by atoms with Gasteiger partial charge in [0.05, 0.1) is 0 Å². The fourth-order valence-corrected chi connectivity index (χ4v) is 3.76. The Morgan fingerprint density at radius 1 is 1.12 bits per heavy atom. The second-order valence-electron chi connectivity index (χ2n) is 6.13. The molecular formula is C16H28. The van der Waals surface area contributed by atoms with Crippen molar-refractivity contribution in [2.75, 3.05) is 0 Å². The van der Waals surface area contributed by atoms with Crippen molar-refractivity contribution in [3.8, 4) is 0 Å². The Hall–Kier alpha value is -0.260. The molecule has 0 spiro atoms. The van der Waals surface area contributed by atoms with Gasteiger partial charge >= 0.3 is 0 Å². The van der Waals surface area contributed by atoms with Crippen LogP contribution in [0.5, 0.6) is 0 Å². The maximum Gasteiger partial charge on any atom is -0.0172 e. The molecule has 0 nitrogen and oxygen atoms in total. The molecule has 0 heteroatoms. The highest BCUT2D eigenvalue weighted by Gasteiger charge is 2.35. The summed E-state index contributed by atoms with van der Waals surface area (Å²) in [5, 5.41) is 0. The van der Waals surface area contributed by atoms with Crippen molar-refractivity contribution in [2.45, 2.75) is 72.1 Å². The number of allylic oxidation sites excluding steroid dienone is 2. The third-order valence-electron chi connectivity index (χ3n) is 4.89. The van der Waals surface area contributed by atoms with Gasteiger partial charge in [0.2, 0.25) is 0 Å². The lowest BCUT2D eigenvalue weighted by Gasteiger charge is -2.40. The Balaban J connectivity index is 1.95. The van der Waals surface area contributed by atoms with E-state index in [2.05, 4.69) is 20.8 Å². The molecule has 2 fully saturated rings. The first-order valence-electron chi connectivity index (χ1n) is 7.45. The van der Waals surface area contributed by atoms with E-state index in [9.17, 15) is 0 Å². The zero-order chi connectivity index (χ0) is 11.5. The van der Waals surface area contributed by atoms with Crippen molar-refractivity contribution in [3.63, 3.8) is 0 Å². The smallest absolute Gasteiger partial charge is 0.0172 e. The van der Waals surface area contributed by atoms with Crippen molar-refractivity contribution in [1.82, 2.24) is 0 Å². The van der Waals surface area contributed by atoms with Gasteiger partial charge in [-0.3, -0.25) is 0 Å². The average Bonchev–Trinajstić information content (AvgIpc) is 2.67. The van der Waals surface area contributed by atoms with Crippen molar-refractivity contribution in [2.24, 2.45) is 17.8 Å². The van der Waals surface area contributed by atoms with E-state index in [4.69, 9.17) is 0 Å². The molecule has 2 rings (SSSR count). The molecule has 0 aromatic rings. The van der Waals surface area contributed by atoms with E-state index >= 15 is 0 Å². The minimum absolute atomic E-state index is 0.913. The fourth-order valence-electron chi connectivity index (χ4n) is 3.76. The van der Waals surface area contributed by atoms with Gasteiger partial charge in [-0.05, 0) is 49.9 Å². The second-order valence-corrected chi connectivity index (χ2v) is 6.13. The number of rotatable bonds is 4. The highest BCUT2D eigenvalue weighted by molar-refractivity contribution is 5.28. The van der Waals surface area contributed by atoms with E-state index in [1.54, 1.807) is 0 Å². The Morgan fingerprint density at radius 2 is 1.94 bits per heavy atom. The Bertz CT molecular complexity index is 261. The van der Waals surface area contributed by atoms with Crippen LogP contribution in [-0.4, -0.2) is 0 Å². The Labute approximate surface area is 102 Å². The van der Waals surface area contributed by atoms with Gasteiger partial charge in [0, 0.05) is 0 Å². The van der Waals surface area contributed by atoms with Gasteiger partial charge in [-0.15, -0.1) is 0 Å². The number of unbranched alkanes of at least 4 members (excludes halogenated alkanes) is 2. The van der Waals surface area contributed by atoms with E-state index < -0.39 is 0 Å². The first-order chi connectivity index (χ1) is 7.74. The van der Waals surface area contributed by atoms with Gasteiger partial charge in [-0.25, -0.2) is 0 Å². The molecule has 0 aromatic carbocycles. The van der Waals surface area contributed by atoms with E-state index in [-0.39, 0.29) is 0 Å². The molecule has 2 saturated carbocycles. The van der Waals surface area contributed by atoms with Crippen LogP contribution in [-0.2, 0) is 0 Å². The largest absolute Gasteiger partial charge is 0.0679 e. The number of hydrogen-bond acceptors (Lipinski definition) is 0. The summed E-state index contributed by atoms with van der Waals surface area (Å²) in [7, 11) is 0. The molecule has 0 aromatic heterocycles. The van der Waals surface area contributed by atoms with Gasteiger partial charge in [0.15, 0.2) is 0 Å². The van der Waals surface area contributed by atoms with E-state index in [1.807, 2.05) is 11.1 Å². The number of hydrogen-bond donors (Lipinski definition) is 0. The predicted octanol–water partition coefficient (Wildman–Crippen LogP) is 5.34. The zero-order valence-electron chi connectivity index (χ0n) is 11.4. The highest BCUT2D eigenvalue weighted by atomic mass is 14.4. The van der Waals surface area contributed by atoms with Gasteiger partial charge < -0.3 is 0 Å². The molecule has 0 aliphatic heterocycles. The van der Waals surface area contributed by atoms with Crippen LogP contribution in [0.4, 0.5) is 0 Å². The standard InChI is InChI=1S/C16H28/c1-4-5-6-9-15-13(3)11-16(15)14-10-7-8-12(14)2/h12-13,15H,4-11H2,1-3H3. The SMILES string of the molecule is CCCCCC1C(=C2CCCC2C)CC1C. The topological polar surface area (TPSA) is 0 Å². The third kappa shape index (κ3) is 2.36. The molecule has 0 radical (unpaired) electrons. The Morgan fingerprint density at radius 3 is 2.50 bits per heavy atom. The molecule has 3 unspecified atom stereocenters. The highest BCUT2D eigenvalue weighted by Crippen LogP contribution is 2.48. The normalized spacial score (nSPS) is 38.8. The molecule has 0 heterocycles. The summed E-state index contributed by atoms with van der Waals surface area (Å²) >= 11 is 0. The minimum Gasteiger partial charge on any atom is -0.0679 e. The van der Waals surface area contributed by atoms with Gasteiger partial charge in [0.1, 0.15) is 0 Å². The zero-order valence-corrected chi connectivity index (χ0v) is 11.4. The van der Waals surface area contributed by atoms with Gasteiger partial charge in [-0.1, -0.05) is 51.2 Å². The van der Waals surface area contributed by atoms with Crippen molar-refractivity contribution >= 4 is 0 Å². The van der Waals surface area contributed by atoms with Gasteiger partial charge in [-0.2, -0.15) is 0 Å². The van der Waals surface area contributed by atoms with Crippen LogP contribution in [0.2, 0.25) is 0 Å². The first-order valence-corrected chi connectivity index (χ1v) is 7.45. The van der Waals surface area contributed by atoms with Gasteiger partial charge in [0.25, 0.3) is 0 Å². The molecule has 0 saturated heterocycles. The Kier molecular flexibility index (Phi) is 4.10. The van der Waals surface area contributed by atoms with Crippen LogP contribution >= 0.6 is 0 Å². The lowest BCUT2D eigenvalue weighted by Crippen LogP contribution is -2.28. The van der Waals surface area contributed by atoms with E-state index in [1.165, 1.54) is 51.4 Å². The van der Waals surface area contributed by atoms with E-state index in [0.717, 1.165) is 17.8 Å². The van der Waals surface area contributed by atoms with Crippen molar-refractivity contribution in [3.05, 3.63) is 11.1 Å². The van der Waals surface area contributed by atoms with E-state index in [0.29, 0.717) is 0 Å². The van der Waals surface area contributed by atoms with Crippen molar-refractivity contribution in [1.29, 1.82) is 0 Å². The fraction of sp³-hybridized carbons (Fsp3) is 0.875. The maximum atomic E-state index is 2.46. The molecule has 92 valence electrons. The van der Waals surface area contributed by atoms with Crippen molar-refractivity contribution < 1.29 is 0 Å². The van der Waals surface area contributed by atoms with Crippen LogP contribution in [0.15, 0.2) is 11.1 Å². The summed E-state index contributed by atoms with van der Waals surface area (Å²) in [6.45, 7) is 7.21. The summed E-state index contributed by atoms with van der Waals surface area (Å²) in [4.78, 5) is 0. The summed E-state index contributed by atoms with van der Waals surface area (Å²) in [6.07, 6.45) is 11.5.